The molecule has 2 aromatic rings. The molecule has 0 saturated heterocycles. The lowest BCUT2D eigenvalue weighted by atomic mass is 10.1. The van der Waals surface area contributed by atoms with Crippen molar-refractivity contribution in [1.82, 2.24) is 9.88 Å². The van der Waals surface area contributed by atoms with Crippen molar-refractivity contribution in [3.05, 3.63) is 46.4 Å². The highest BCUT2D eigenvalue weighted by atomic mass is 32.1. The molecule has 3 rings (SSSR count). The molecule has 0 spiro atoms. The second-order valence-corrected chi connectivity index (χ2v) is 7.44. The van der Waals surface area contributed by atoms with E-state index in [-0.39, 0.29) is 23.8 Å². The van der Waals surface area contributed by atoms with E-state index >= 15 is 0 Å². The van der Waals surface area contributed by atoms with Gasteiger partial charge in [0, 0.05) is 35.8 Å². The summed E-state index contributed by atoms with van der Waals surface area (Å²) < 4.78 is 0. The van der Waals surface area contributed by atoms with Crippen LogP contribution in [-0.4, -0.2) is 28.7 Å². The summed E-state index contributed by atoms with van der Waals surface area (Å²) in [5.74, 6) is 0.0817. The number of hydrogen-bond acceptors (Lipinski definition) is 4. The highest BCUT2D eigenvalue weighted by molar-refractivity contribution is 7.09. The molecule has 2 amide bonds. The number of anilines is 1. The molecule has 1 aromatic heterocycles. The molecule has 6 heteroatoms. The van der Waals surface area contributed by atoms with Crippen LogP contribution in [0, 0.1) is 5.92 Å². The first-order valence-electron chi connectivity index (χ1n) is 8.63. The Bertz CT molecular complexity index is 739. The zero-order chi connectivity index (χ0) is 17.8. The van der Waals surface area contributed by atoms with Crippen molar-refractivity contribution in [2.75, 3.05) is 12.4 Å². The summed E-state index contributed by atoms with van der Waals surface area (Å²) in [6.45, 7) is 1.96. The van der Waals surface area contributed by atoms with Gasteiger partial charge in [-0.25, -0.2) is 4.98 Å². The number of nitrogens with zero attached hydrogens (tertiary/aromatic N) is 2. The quantitative estimate of drug-likeness (QED) is 0.876. The molecule has 0 unspecified atom stereocenters. The summed E-state index contributed by atoms with van der Waals surface area (Å²) in [5, 5.41) is 5.77. The Labute approximate surface area is 152 Å². The lowest BCUT2D eigenvalue weighted by molar-refractivity contribution is -0.119. The molecule has 0 aliphatic heterocycles. The van der Waals surface area contributed by atoms with Crippen molar-refractivity contribution < 1.29 is 9.59 Å². The largest absolute Gasteiger partial charge is 0.333 e. The smallest absolute Gasteiger partial charge is 0.254 e. The SMILES string of the molecule is C[C@@H](c1nccs1)N(C)C(=O)c1cccc(NC(=O)C2CCCC2)c1. The molecular formula is C19H23N3O2S. The van der Waals surface area contributed by atoms with E-state index in [1.54, 1.807) is 36.3 Å². The van der Waals surface area contributed by atoms with Gasteiger partial charge in [-0.05, 0) is 38.0 Å². The van der Waals surface area contributed by atoms with Crippen LogP contribution >= 0.6 is 11.3 Å². The third kappa shape index (κ3) is 4.07. The maximum absolute atomic E-state index is 12.8. The second kappa shape index (κ2) is 7.78. The van der Waals surface area contributed by atoms with E-state index in [2.05, 4.69) is 10.3 Å². The first-order chi connectivity index (χ1) is 12.1. The lowest BCUT2D eigenvalue weighted by Crippen LogP contribution is -2.29. The van der Waals surface area contributed by atoms with Crippen LogP contribution in [0.5, 0.6) is 0 Å². The standard InChI is InChI=1S/C19H23N3O2S/c1-13(18-20-10-11-25-18)22(2)19(24)15-8-5-9-16(12-15)21-17(23)14-6-3-4-7-14/h5,8-14H,3-4,6-7H2,1-2H3,(H,21,23)/t13-/m0/s1. The first-order valence-corrected chi connectivity index (χ1v) is 9.51. The van der Waals surface area contributed by atoms with Crippen LogP contribution in [0.25, 0.3) is 0 Å². The van der Waals surface area contributed by atoms with Gasteiger partial charge in [0.25, 0.3) is 5.91 Å². The lowest BCUT2D eigenvalue weighted by Gasteiger charge is -2.23. The highest BCUT2D eigenvalue weighted by Crippen LogP contribution is 2.27. The molecule has 0 bridgehead atoms. The Morgan fingerprint density at radius 2 is 2.08 bits per heavy atom. The summed E-state index contributed by atoms with van der Waals surface area (Å²) >= 11 is 1.54. The molecule has 132 valence electrons. The molecule has 1 aliphatic rings. The van der Waals surface area contributed by atoms with Crippen LogP contribution in [0.1, 0.15) is 54.0 Å². The number of hydrogen-bond donors (Lipinski definition) is 1. The summed E-state index contributed by atoms with van der Waals surface area (Å²) in [6, 6.07) is 7.07. The number of thiazole rings is 1. The summed E-state index contributed by atoms with van der Waals surface area (Å²) in [4.78, 5) is 31.0. The van der Waals surface area contributed by atoms with E-state index in [0.29, 0.717) is 11.3 Å². The van der Waals surface area contributed by atoms with E-state index in [0.717, 1.165) is 30.7 Å². The average molecular weight is 357 g/mol. The van der Waals surface area contributed by atoms with Gasteiger partial charge >= 0.3 is 0 Å². The number of carbonyl (C=O) groups excluding carboxylic acids is 2. The molecule has 1 saturated carbocycles. The van der Waals surface area contributed by atoms with Crippen molar-refractivity contribution in [1.29, 1.82) is 0 Å². The van der Waals surface area contributed by atoms with Crippen molar-refractivity contribution in [2.24, 2.45) is 5.92 Å². The molecule has 5 nitrogen and oxygen atoms in total. The van der Waals surface area contributed by atoms with Gasteiger partial charge in [0.2, 0.25) is 5.91 Å². The Morgan fingerprint density at radius 3 is 2.76 bits per heavy atom. The number of carbonyl (C=O) groups is 2. The molecule has 1 aromatic carbocycles. The third-order valence-electron chi connectivity index (χ3n) is 4.81. The molecule has 1 heterocycles. The number of nitrogens with one attached hydrogen (secondary N) is 1. The van der Waals surface area contributed by atoms with Gasteiger partial charge in [0.1, 0.15) is 5.01 Å². The predicted octanol–water partition coefficient (Wildman–Crippen LogP) is 4.11. The molecule has 0 radical (unpaired) electrons. The minimum absolute atomic E-state index is 0.0617. The zero-order valence-electron chi connectivity index (χ0n) is 14.6. The normalized spacial score (nSPS) is 15.8. The number of rotatable bonds is 5. The van der Waals surface area contributed by atoms with Gasteiger partial charge < -0.3 is 10.2 Å². The topological polar surface area (TPSA) is 62.3 Å². The molecule has 1 aliphatic carbocycles. The monoisotopic (exact) mass is 357 g/mol. The Balaban J connectivity index is 1.69. The van der Waals surface area contributed by atoms with Crippen LogP contribution in [0.2, 0.25) is 0 Å². The van der Waals surface area contributed by atoms with Gasteiger partial charge in [-0.3, -0.25) is 9.59 Å². The highest BCUT2D eigenvalue weighted by Gasteiger charge is 2.24. The van der Waals surface area contributed by atoms with E-state index < -0.39 is 0 Å². The molecule has 1 fully saturated rings. The van der Waals surface area contributed by atoms with Gasteiger partial charge in [-0.15, -0.1) is 11.3 Å². The summed E-state index contributed by atoms with van der Waals surface area (Å²) in [5.41, 5.74) is 1.24. The van der Waals surface area contributed by atoms with Gasteiger partial charge in [0.15, 0.2) is 0 Å². The van der Waals surface area contributed by atoms with E-state index in [4.69, 9.17) is 0 Å². The van der Waals surface area contributed by atoms with Crippen LogP contribution in [-0.2, 0) is 4.79 Å². The van der Waals surface area contributed by atoms with E-state index in [9.17, 15) is 9.59 Å². The van der Waals surface area contributed by atoms with E-state index in [1.807, 2.05) is 18.4 Å². The van der Waals surface area contributed by atoms with Crippen molar-refractivity contribution in [2.45, 2.75) is 38.6 Å². The Morgan fingerprint density at radius 1 is 1.32 bits per heavy atom. The van der Waals surface area contributed by atoms with E-state index in [1.165, 1.54) is 11.3 Å². The Kier molecular flexibility index (Phi) is 5.48. The number of amides is 2. The molecule has 1 N–H and O–H groups in total. The van der Waals surface area contributed by atoms with Gasteiger partial charge in [-0.1, -0.05) is 18.9 Å². The average Bonchev–Trinajstić information content (AvgIpc) is 3.33. The van der Waals surface area contributed by atoms with Crippen molar-refractivity contribution in [3.8, 4) is 0 Å². The van der Waals surface area contributed by atoms with Crippen LogP contribution < -0.4 is 5.32 Å². The number of aromatic nitrogens is 1. The summed E-state index contributed by atoms with van der Waals surface area (Å²) in [7, 11) is 1.78. The molecule has 1 atom stereocenters. The van der Waals surface area contributed by atoms with Crippen LogP contribution in [0.3, 0.4) is 0 Å². The molecular weight excluding hydrogens is 334 g/mol. The maximum Gasteiger partial charge on any atom is 0.254 e. The fraction of sp³-hybridized carbons (Fsp3) is 0.421. The first kappa shape index (κ1) is 17.6. The van der Waals surface area contributed by atoms with Crippen molar-refractivity contribution >= 4 is 28.8 Å². The van der Waals surface area contributed by atoms with Gasteiger partial charge in [-0.2, -0.15) is 0 Å². The Hall–Kier alpha value is -2.21. The third-order valence-corrected chi connectivity index (χ3v) is 5.76. The summed E-state index contributed by atoms with van der Waals surface area (Å²) in [6.07, 6.45) is 5.90. The molecule has 25 heavy (non-hydrogen) atoms. The maximum atomic E-state index is 12.8. The fourth-order valence-electron chi connectivity index (χ4n) is 3.15. The van der Waals surface area contributed by atoms with Crippen LogP contribution in [0.15, 0.2) is 35.8 Å². The fourth-order valence-corrected chi connectivity index (χ4v) is 3.89. The second-order valence-electron chi connectivity index (χ2n) is 6.51. The minimum Gasteiger partial charge on any atom is -0.333 e. The van der Waals surface area contributed by atoms with Crippen molar-refractivity contribution in [3.63, 3.8) is 0 Å². The minimum atomic E-state index is -0.0933. The van der Waals surface area contributed by atoms with Crippen LogP contribution in [0.4, 0.5) is 5.69 Å². The zero-order valence-corrected chi connectivity index (χ0v) is 15.4. The predicted molar refractivity (Wildman–Crippen MR) is 99.7 cm³/mol. The number of benzene rings is 1. The van der Waals surface area contributed by atoms with Gasteiger partial charge in [0.05, 0.1) is 6.04 Å².